The van der Waals surface area contributed by atoms with E-state index in [1.807, 2.05) is 6.92 Å². The van der Waals surface area contributed by atoms with Gasteiger partial charge in [0.05, 0.1) is 6.07 Å². The SMILES string of the molecule is Cc1cc(Cl)c(C)c(CCC#N)c1O. The summed E-state index contributed by atoms with van der Waals surface area (Å²) in [4.78, 5) is 0. The Morgan fingerprint density at radius 3 is 2.71 bits per heavy atom. The first-order chi connectivity index (χ1) is 6.57. The molecule has 0 saturated heterocycles. The van der Waals surface area contributed by atoms with Gasteiger partial charge in [-0.3, -0.25) is 0 Å². The molecular weight excluding hydrogens is 198 g/mol. The molecular formula is C11H12ClNO. The number of nitrogens with zero attached hydrogens (tertiary/aromatic N) is 1. The molecule has 0 atom stereocenters. The van der Waals surface area contributed by atoms with Crippen molar-refractivity contribution in [3.05, 3.63) is 27.8 Å². The number of phenols is 1. The van der Waals surface area contributed by atoms with Crippen molar-refractivity contribution in [3.8, 4) is 11.8 Å². The summed E-state index contributed by atoms with van der Waals surface area (Å²) >= 11 is 5.98. The molecule has 1 N–H and O–H groups in total. The number of halogens is 1. The Kier molecular flexibility index (Phi) is 3.38. The molecule has 0 aromatic heterocycles. The second kappa shape index (κ2) is 4.34. The van der Waals surface area contributed by atoms with Crippen molar-refractivity contribution in [3.63, 3.8) is 0 Å². The molecule has 0 heterocycles. The molecule has 0 aliphatic carbocycles. The van der Waals surface area contributed by atoms with Gasteiger partial charge < -0.3 is 5.11 Å². The summed E-state index contributed by atoms with van der Waals surface area (Å²) in [5, 5.41) is 18.9. The predicted molar refractivity (Wildman–Crippen MR) is 56.5 cm³/mol. The normalized spacial score (nSPS) is 9.86. The number of aromatic hydroxyl groups is 1. The van der Waals surface area contributed by atoms with Gasteiger partial charge in [-0.1, -0.05) is 11.6 Å². The van der Waals surface area contributed by atoms with E-state index in [1.165, 1.54) is 0 Å². The summed E-state index contributed by atoms with van der Waals surface area (Å²) < 4.78 is 0. The number of rotatable bonds is 2. The number of benzene rings is 1. The van der Waals surface area contributed by atoms with Crippen LogP contribution in [0.2, 0.25) is 5.02 Å². The highest BCUT2D eigenvalue weighted by atomic mass is 35.5. The van der Waals surface area contributed by atoms with Crippen LogP contribution in [0.4, 0.5) is 0 Å². The van der Waals surface area contributed by atoms with E-state index < -0.39 is 0 Å². The van der Waals surface area contributed by atoms with Gasteiger partial charge >= 0.3 is 0 Å². The third-order valence-corrected chi connectivity index (χ3v) is 2.69. The maximum absolute atomic E-state index is 9.76. The number of phenolic OH excluding ortho intramolecular Hbond substituents is 1. The van der Waals surface area contributed by atoms with Gasteiger partial charge in [-0.2, -0.15) is 5.26 Å². The minimum atomic E-state index is 0.266. The van der Waals surface area contributed by atoms with Crippen molar-refractivity contribution in [1.82, 2.24) is 0 Å². The molecule has 0 spiro atoms. The van der Waals surface area contributed by atoms with Gasteiger partial charge in [-0.25, -0.2) is 0 Å². The molecule has 0 saturated carbocycles. The fraction of sp³-hybridized carbons (Fsp3) is 0.364. The van der Waals surface area contributed by atoms with Crippen LogP contribution in [0.15, 0.2) is 6.07 Å². The van der Waals surface area contributed by atoms with Crippen LogP contribution in [-0.2, 0) is 6.42 Å². The topological polar surface area (TPSA) is 44.0 Å². The van der Waals surface area contributed by atoms with E-state index in [4.69, 9.17) is 16.9 Å². The van der Waals surface area contributed by atoms with Gasteiger partial charge in [0, 0.05) is 11.4 Å². The highest BCUT2D eigenvalue weighted by Crippen LogP contribution is 2.31. The molecule has 14 heavy (non-hydrogen) atoms. The van der Waals surface area contributed by atoms with E-state index in [0.29, 0.717) is 17.9 Å². The summed E-state index contributed by atoms with van der Waals surface area (Å²) in [6, 6.07) is 3.79. The summed E-state index contributed by atoms with van der Waals surface area (Å²) in [5.74, 6) is 0.266. The van der Waals surface area contributed by atoms with Crippen LogP contribution >= 0.6 is 11.6 Å². The Balaban J connectivity index is 3.19. The van der Waals surface area contributed by atoms with Crippen LogP contribution in [0, 0.1) is 25.2 Å². The third-order valence-electron chi connectivity index (χ3n) is 2.30. The van der Waals surface area contributed by atoms with Crippen LogP contribution in [0.1, 0.15) is 23.1 Å². The lowest BCUT2D eigenvalue weighted by Gasteiger charge is -2.11. The minimum absolute atomic E-state index is 0.266. The van der Waals surface area contributed by atoms with E-state index in [2.05, 4.69) is 6.07 Å². The van der Waals surface area contributed by atoms with Gasteiger partial charge in [-0.05, 0) is 43.0 Å². The van der Waals surface area contributed by atoms with E-state index >= 15 is 0 Å². The van der Waals surface area contributed by atoms with Crippen LogP contribution in [0.25, 0.3) is 0 Å². The highest BCUT2D eigenvalue weighted by Gasteiger charge is 2.10. The van der Waals surface area contributed by atoms with Gasteiger partial charge in [0.15, 0.2) is 0 Å². The minimum Gasteiger partial charge on any atom is -0.507 e. The third kappa shape index (κ3) is 2.00. The Hall–Kier alpha value is -1.20. The average Bonchev–Trinajstić information content (AvgIpc) is 2.15. The molecule has 74 valence electrons. The first kappa shape index (κ1) is 10.9. The van der Waals surface area contributed by atoms with Crippen LogP contribution < -0.4 is 0 Å². The molecule has 0 fully saturated rings. The zero-order valence-electron chi connectivity index (χ0n) is 8.26. The molecule has 1 rings (SSSR count). The van der Waals surface area contributed by atoms with Crippen molar-refractivity contribution in [1.29, 1.82) is 5.26 Å². The van der Waals surface area contributed by atoms with Gasteiger partial charge in [0.1, 0.15) is 5.75 Å². The number of hydrogen-bond acceptors (Lipinski definition) is 2. The first-order valence-electron chi connectivity index (χ1n) is 4.42. The van der Waals surface area contributed by atoms with Crippen LogP contribution in [0.5, 0.6) is 5.75 Å². The van der Waals surface area contributed by atoms with E-state index in [0.717, 1.165) is 16.7 Å². The average molecular weight is 210 g/mol. The monoisotopic (exact) mass is 209 g/mol. The summed E-state index contributed by atoms with van der Waals surface area (Å²) in [7, 11) is 0. The standard InChI is InChI=1S/C11H12ClNO/c1-7-6-10(12)8(2)9(11(7)14)4-3-5-13/h6,14H,3-4H2,1-2H3. The second-order valence-electron chi connectivity index (χ2n) is 3.29. The number of hydrogen-bond donors (Lipinski definition) is 1. The summed E-state index contributed by atoms with van der Waals surface area (Å²) in [6.45, 7) is 3.66. The summed E-state index contributed by atoms with van der Waals surface area (Å²) in [6.07, 6.45) is 0.948. The molecule has 3 heteroatoms. The lowest BCUT2D eigenvalue weighted by Crippen LogP contribution is -1.93. The molecule has 2 nitrogen and oxygen atoms in total. The van der Waals surface area contributed by atoms with Crippen LogP contribution in [-0.4, -0.2) is 5.11 Å². The van der Waals surface area contributed by atoms with E-state index in [9.17, 15) is 5.11 Å². The lowest BCUT2D eigenvalue weighted by atomic mass is 10.00. The predicted octanol–water partition coefficient (Wildman–Crippen LogP) is 3.12. The largest absolute Gasteiger partial charge is 0.507 e. The molecule has 0 bridgehead atoms. The Bertz CT molecular complexity index is 367. The molecule has 1 aromatic rings. The zero-order valence-corrected chi connectivity index (χ0v) is 9.02. The molecule has 0 aliphatic rings. The maximum atomic E-state index is 9.76. The fourth-order valence-corrected chi connectivity index (χ4v) is 1.69. The molecule has 0 radical (unpaired) electrons. The quantitative estimate of drug-likeness (QED) is 0.814. The Morgan fingerprint density at radius 1 is 1.50 bits per heavy atom. The second-order valence-corrected chi connectivity index (χ2v) is 3.69. The van der Waals surface area contributed by atoms with E-state index in [1.54, 1.807) is 13.0 Å². The fourth-order valence-electron chi connectivity index (χ4n) is 1.41. The van der Waals surface area contributed by atoms with E-state index in [-0.39, 0.29) is 5.75 Å². The number of aryl methyl sites for hydroxylation is 1. The Labute approximate surface area is 88.7 Å². The molecule has 0 unspecified atom stereocenters. The molecule has 1 aromatic carbocycles. The van der Waals surface area contributed by atoms with Gasteiger partial charge in [-0.15, -0.1) is 0 Å². The van der Waals surface area contributed by atoms with Crippen molar-refractivity contribution >= 4 is 11.6 Å². The summed E-state index contributed by atoms with van der Waals surface area (Å²) in [5.41, 5.74) is 2.41. The maximum Gasteiger partial charge on any atom is 0.122 e. The zero-order chi connectivity index (χ0) is 10.7. The molecule has 0 amide bonds. The van der Waals surface area contributed by atoms with Crippen molar-refractivity contribution in [2.24, 2.45) is 0 Å². The van der Waals surface area contributed by atoms with Crippen molar-refractivity contribution in [2.45, 2.75) is 26.7 Å². The van der Waals surface area contributed by atoms with Gasteiger partial charge in [0.2, 0.25) is 0 Å². The number of nitriles is 1. The molecule has 0 aliphatic heterocycles. The highest BCUT2D eigenvalue weighted by molar-refractivity contribution is 6.31. The van der Waals surface area contributed by atoms with Crippen LogP contribution in [0.3, 0.4) is 0 Å². The van der Waals surface area contributed by atoms with Gasteiger partial charge in [0.25, 0.3) is 0 Å². The van der Waals surface area contributed by atoms with Crippen molar-refractivity contribution in [2.75, 3.05) is 0 Å². The Morgan fingerprint density at radius 2 is 2.14 bits per heavy atom. The van der Waals surface area contributed by atoms with Crippen molar-refractivity contribution < 1.29 is 5.11 Å². The smallest absolute Gasteiger partial charge is 0.122 e. The lowest BCUT2D eigenvalue weighted by molar-refractivity contribution is 0.463. The first-order valence-corrected chi connectivity index (χ1v) is 4.80.